The summed E-state index contributed by atoms with van der Waals surface area (Å²) in [4.78, 5) is 36.9. The van der Waals surface area contributed by atoms with Crippen LogP contribution in [0.4, 0.5) is 22.4 Å². The molecular weight excluding hydrogens is 498 g/mol. The summed E-state index contributed by atoms with van der Waals surface area (Å²) in [6, 6.07) is 2.52. The number of nitrogens with one attached hydrogen (secondary N) is 3. The van der Waals surface area contributed by atoms with Crippen molar-refractivity contribution in [3.8, 4) is 0 Å². The summed E-state index contributed by atoms with van der Waals surface area (Å²) in [5, 5.41) is 14.4. The highest BCUT2D eigenvalue weighted by Crippen LogP contribution is 2.48. The van der Waals surface area contributed by atoms with E-state index in [0.717, 1.165) is 0 Å². The maximum Gasteiger partial charge on any atom is 0.405 e. The van der Waals surface area contributed by atoms with Crippen LogP contribution in [0.1, 0.15) is 62.5 Å². The molecule has 2 aliphatic carbocycles. The zero-order valence-electron chi connectivity index (χ0n) is 20.0. The molecule has 202 valence electrons. The topological polar surface area (TPSA) is 129 Å². The minimum Gasteiger partial charge on any atom is -0.465 e. The van der Waals surface area contributed by atoms with Gasteiger partial charge in [0.05, 0.1) is 22.7 Å². The molecule has 2 aromatic rings. The lowest BCUT2D eigenvalue weighted by atomic mass is 9.76. The number of rotatable bonds is 7. The predicted octanol–water partition coefficient (Wildman–Crippen LogP) is 3.91. The highest BCUT2D eigenvalue weighted by molar-refractivity contribution is 5.88. The van der Waals surface area contributed by atoms with Gasteiger partial charge in [-0.05, 0) is 43.7 Å². The number of carbonyl (C=O) groups excluding carboxylic acids is 1. The first kappa shape index (κ1) is 25.7. The Balaban J connectivity index is 1.41. The first-order chi connectivity index (χ1) is 17.5. The summed E-state index contributed by atoms with van der Waals surface area (Å²) in [6.45, 7) is 0.483. The predicted molar refractivity (Wildman–Crippen MR) is 122 cm³/mol. The number of amides is 2. The fourth-order valence-corrected chi connectivity index (χ4v) is 5.46. The van der Waals surface area contributed by atoms with E-state index in [1.807, 2.05) is 0 Å². The molecule has 2 atom stereocenters. The number of aromatic nitrogens is 3. The van der Waals surface area contributed by atoms with E-state index < -0.39 is 41.2 Å². The second kappa shape index (κ2) is 9.41. The molecule has 3 fully saturated rings. The van der Waals surface area contributed by atoms with Crippen LogP contribution < -0.4 is 10.6 Å². The minimum absolute atomic E-state index is 0.119. The Morgan fingerprint density at radius 3 is 2.41 bits per heavy atom. The van der Waals surface area contributed by atoms with Gasteiger partial charge in [-0.2, -0.15) is 0 Å². The van der Waals surface area contributed by atoms with Crippen LogP contribution in [0.3, 0.4) is 0 Å². The summed E-state index contributed by atoms with van der Waals surface area (Å²) < 4.78 is 59.5. The molecule has 3 aliphatic rings. The molecule has 2 unspecified atom stereocenters. The van der Waals surface area contributed by atoms with Gasteiger partial charge >= 0.3 is 6.09 Å². The zero-order valence-corrected chi connectivity index (χ0v) is 20.0. The van der Waals surface area contributed by atoms with E-state index in [1.165, 1.54) is 0 Å². The van der Waals surface area contributed by atoms with Crippen LogP contribution in [0.15, 0.2) is 12.1 Å². The van der Waals surface area contributed by atoms with Gasteiger partial charge < -0.3 is 25.5 Å². The van der Waals surface area contributed by atoms with Crippen molar-refractivity contribution in [3.05, 3.63) is 23.7 Å². The van der Waals surface area contributed by atoms with Crippen LogP contribution >= 0.6 is 0 Å². The molecule has 1 aliphatic heterocycles. The summed E-state index contributed by atoms with van der Waals surface area (Å²) in [5.41, 5.74) is 0.0839. The number of nitrogens with zero attached hydrogens (tertiary/aromatic N) is 2. The minimum atomic E-state index is -2.76. The van der Waals surface area contributed by atoms with Gasteiger partial charge in [0.1, 0.15) is 5.82 Å². The molecule has 0 aromatic carbocycles. The van der Waals surface area contributed by atoms with Crippen molar-refractivity contribution in [2.45, 2.75) is 68.2 Å². The van der Waals surface area contributed by atoms with E-state index in [-0.39, 0.29) is 56.0 Å². The van der Waals surface area contributed by atoms with E-state index in [0.29, 0.717) is 37.3 Å². The molecule has 37 heavy (non-hydrogen) atoms. The van der Waals surface area contributed by atoms with Gasteiger partial charge in [0.25, 0.3) is 5.92 Å². The normalized spacial score (nSPS) is 25.4. The van der Waals surface area contributed by atoms with Gasteiger partial charge in [0, 0.05) is 44.9 Å². The number of pyridine rings is 1. The van der Waals surface area contributed by atoms with Crippen molar-refractivity contribution in [2.75, 3.05) is 19.8 Å². The molecule has 4 N–H and O–H groups in total. The lowest BCUT2D eigenvalue weighted by Crippen LogP contribution is -2.49. The average Bonchev–Trinajstić information content (AvgIpc) is 3.26. The van der Waals surface area contributed by atoms with Crippen molar-refractivity contribution >= 4 is 23.2 Å². The Hall–Kier alpha value is -2.96. The fraction of sp³-hybridized carbons (Fsp3) is 0.667. The Morgan fingerprint density at radius 1 is 1.11 bits per heavy atom. The van der Waals surface area contributed by atoms with Gasteiger partial charge in [-0.1, -0.05) is 0 Å². The standard InChI is InChI=1S/C24H29F4N5O4/c25-23(26)5-3-13(4-6-23)17(32-21(35)36)19-30-15-1-2-16(31-18(15)33-19)22(7-9-37-10-8-22)20(34)29-12-14-11-24(14,27)28/h1-2,13-14,17,32H,3-12H2,(H,29,34)(H,35,36)(H,30,31,33). The Morgan fingerprint density at radius 2 is 1.78 bits per heavy atom. The number of carboxylic acid groups (broad SMARTS) is 1. The molecule has 2 saturated carbocycles. The number of H-pyrrole nitrogens is 1. The number of ether oxygens (including phenoxy) is 1. The number of hydrogen-bond donors (Lipinski definition) is 4. The van der Waals surface area contributed by atoms with Crippen molar-refractivity contribution in [1.82, 2.24) is 25.6 Å². The second-order valence-electron chi connectivity index (χ2n) is 10.4. The second-order valence-corrected chi connectivity index (χ2v) is 10.4. The lowest BCUT2D eigenvalue weighted by molar-refractivity contribution is -0.130. The largest absolute Gasteiger partial charge is 0.465 e. The maximum atomic E-state index is 13.7. The van der Waals surface area contributed by atoms with E-state index in [1.54, 1.807) is 12.1 Å². The number of aromatic amines is 1. The molecule has 2 amide bonds. The van der Waals surface area contributed by atoms with Crippen LogP contribution in [-0.4, -0.2) is 63.7 Å². The number of fused-ring (bicyclic) bond motifs is 1. The molecule has 9 nitrogen and oxygen atoms in total. The van der Waals surface area contributed by atoms with Crippen LogP contribution in [0.25, 0.3) is 11.2 Å². The molecule has 2 aromatic heterocycles. The number of alkyl halides is 4. The highest BCUT2D eigenvalue weighted by atomic mass is 19.3. The molecular formula is C24H29F4N5O4. The van der Waals surface area contributed by atoms with Crippen LogP contribution in [0.5, 0.6) is 0 Å². The molecule has 0 radical (unpaired) electrons. The van der Waals surface area contributed by atoms with Crippen molar-refractivity contribution in [1.29, 1.82) is 0 Å². The van der Waals surface area contributed by atoms with E-state index in [2.05, 4.69) is 25.6 Å². The van der Waals surface area contributed by atoms with Crippen LogP contribution in [0.2, 0.25) is 0 Å². The third kappa shape index (κ3) is 5.23. The maximum absolute atomic E-state index is 13.7. The summed E-state index contributed by atoms with van der Waals surface area (Å²) >= 11 is 0. The first-order valence-electron chi connectivity index (χ1n) is 12.5. The van der Waals surface area contributed by atoms with E-state index >= 15 is 0 Å². The van der Waals surface area contributed by atoms with Gasteiger partial charge in [-0.3, -0.25) is 4.79 Å². The zero-order chi connectivity index (χ0) is 26.4. The lowest BCUT2D eigenvalue weighted by Gasteiger charge is -2.35. The van der Waals surface area contributed by atoms with Crippen LogP contribution in [-0.2, 0) is 14.9 Å². The fourth-order valence-electron chi connectivity index (χ4n) is 5.46. The van der Waals surface area contributed by atoms with Gasteiger partial charge in [-0.15, -0.1) is 0 Å². The molecule has 0 bridgehead atoms. The van der Waals surface area contributed by atoms with Crippen LogP contribution in [0, 0.1) is 11.8 Å². The number of carbonyl (C=O) groups is 2. The van der Waals surface area contributed by atoms with Crippen molar-refractivity contribution in [2.24, 2.45) is 11.8 Å². The third-order valence-corrected chi connectivity index (χ3v) is 7.91. The smallest absolute Gasteiger partial charge is 0.405 e. The average molecular weight is 528 g/mol. The quantitative estimate of drug-likeness (QED) is 0.404. The SMILES string of the molecule is O=C(O)NC(c1nc2nc(C3(C(=O)NCC4CC4(F)F)CCOCC3)ccc2[nH]1)C1CCC(F)(F)CC1. The van der Waals surface area contributed by atoms with E-state index in [9.17, 15) is 32.3 Å². The third-order valence-electron chi connectivity index (χ3n) is 7.91. The van der Waals surface area contributed by atoms with Crippen molar-refractivity contribution in [3.63, 3.8) is 0 Å². The van der Waals surface area contributed by atoms with Gasteiger partial charge in [-0.25, -0.2) is 32.3 Å². The number of halogens is 4. The molecule has 13 heteroatoms. The Kier molecular flexibility index (Phi) is 6.53. The monoisotopic (exact) mass is 527 g/mol. The summed E-state index contributed by atoms with van der Waals surface area (Å²) in [7, 11) is 0. The number of hydrogen-bond acceptors (Lipinski definition) is 5. The highest BCUT2D eigenvalue weighted by Gasteiger charge is 2.57. The molecule has 3 heterocycles. The molecule has 0 spiro atoms. The van der Waals surface area contributed by atoms with Crippen molar-refractivity contribution < 1.29 is 37.0 Å². The Labute approximate surface area is 209 Å². The van der Waals surface area contributed by atoms with Gasteiger partial charge in [0.15, 0.2) is 5.65 Å². The summed E-state index contributed by atoms with van der Waals surface area (Å²) in [5.74, 6) is -6.87. The first-order valence-corrected chi connectivity index (χ1v) is 12.5. The molecule has 1 saturated heterocycles. The van der Waals surface area contributed by atoms with Gasteiger partial charge in [0.2, 0.25) is 11.8 Å². The van der Waals surface area contributed by atoms with E-state index in [4.69, 9.17) is 4.74 Å². The number of imidazole rings is 1. The Bertz CT molecular complexity index is 1170. The summed E-state index contributed by atoms with van der Waals surface area (Å²) in [6.07, 6.45) is -1.29. The molecule has 5 rings (SSSR count).